The fourth-order valence-electron chi connectivity index (χ4n) is 3.96. The van der Waals surface area contributed by atoms with Crippen molar-refractivity contribution in [1.82, 2.24) is 0 Å². The number of ketones is 1. The van der Waals surface area contributed by atoms with Gasteiger partial charge in [0, 0.05) is 17.8 Å². The van der Waals surface area contributed by atoms with E-state index in [0.717, 1.165) is 16.8 Å². The number of carbonyl (C=O) groups excluding carboxylic acids is 2. The summed E-state index contributed by atoms with van der Waals surface area (Å²) in [6, 6.07) is 10.4. The lowest BCUT2D eigenvalue weighted by Crippen LogP contribution is -2.75. The molecule has 0 spiro atoms. The van der Waals surface area contributed by atoms with Crippen LogP contribution in [-0.4, -0.2) is 30.1 Å². The number of esters is 1. The van der Waals surface area contributed by atoms with Crippen LogP contribution in [0.25, 0.3) is 10.8 Å². The number of anilines is 1. The van der Waals surface area contributed by atoms with E-state index in [1.54, 1.807) is 11.8 Å². The lowest BCUT2D eigenvalue weighted by molar-refractivity contribution is -0.356. The quantitative estimate of drug-likeness (QED) is 0.628. The SMILES string of the molecule is CCOC(=O)C1=CN2c3cc4ccccc4cc3[NH+]=C3C(F)=C(F)C=C(C1=O)C32. The van der Waals surface area contributed by atoms with Gasteiger partial charge >= 0.3 is 5.97 Å². The fraction of sp³-hybridized carbons (Fsp3) is 0.136. The van der Waals surface area contributed by atoms with E-state index < -0.39 is 29.4 Å². The van der Waals surface area contributed by atoms with Crippen LogP contribution in [0.5, 0.6) is 0 Å². The molecule has 0 saturated heterocycles. The molecule has 2 aliphatic heterocycles. The first-order chi connectivity index (χ1) is 14.0. The third-order valence-electron chi connectivity index (χ3n) is 5.26. The topological polar surface area (TPSA) is 60.6 Å². The fourth-order valence-corrected chi connectivity index (χ4v) is 3.96. The van der Waals surface area contributed by atoms with E-state index in [4.69, 9.17) is 4.74 Å². The van der Waals surface area contributed by atoms with Crippen molar-refractivity contribution in [1.29, 1.82) is 0 Å². The zero-order valence-electron chi connectivity index (χ0n) is 15.3. The average molecular weight is 393 g/mol. The summed E-state index contributed by atoms with van der Waals surface area (Å²) >= 11 is 0. The molecule has 5 rings (SSSR count). The van der Waals surface area contributed by atoms with Gasteiger partial charge in [-0.2, -0.15) is 4.39 Å². The van der Waals surface area contributed by atoms with Gasteiger partial charge in [-0.15, -0.1) is 0 Å². The van der Waals surface area contributed by atoms with E-state index in [1.165, 1.54) is 6.20 Å². The van der Waals surface area contributed by atoms with Gasteiger partial charge in [-0.3, -0.25) is 4.79 Å². The number of rotatable bonds is 2. The molecule has 3 aliphatic rings. The monoisotopic (exact) mass is 393 g/mol. The van der Waals surface area contributed by atoms with Crippen LogP contribution in [0.1, 0.15) is 6.92 Å². The van der Waals surface area contributed by atoms with E-state index >= 15 is 0 Å². The number of nitrogens with zero attached hydrogens (tertiary/aromatic N) is 1. The van der Waals surface area contributed by atoms with Crippen molar-refractivity contribution in [2.24, 2.45) is 0 Å². The molecular weight excluding hydrogens is 378 g/mol. The third-order valence-corrected chi connectivity index (χ3v) is 5.26. The van der Waals surface area contributed by atoms with Gasteiger partial charge in [-0.05, 0) is 29.8 Å². The molecule has 7 heteroatoms. The Morgan fingerprint density at radius 2 is 1.93 bits per heavy atom. The molecule has 0 bridgehead atoms. The van der Waals surface area contributed by atoms with Gasteiger partial charge in [0.25, 0.3) is 0 Å². The molecule has 29 heavy (non-hydrogen) atoms. The summed E-state index contributed by atoms with van der Waals surface area (Å²) in [6.07, 6.45) is 2.23. The Bertz CT molecular complexity index is 1240. The summed E-state index contributed by atoms with van der Waals surface area (Å²) in [4.78, 5) is 29.8. The molecule has 5 nitrogen and oxygen atoms in total. The molecule has 2 aromatic rings. The largest absolute Gasteiger partial charge is 0.462 e. The predicted molar refractivity (Wildman–Crippen MR) is 103 cm³/mol. The minimum Gasteiger partial charge on any atom is -0.462 e. The van der Waals surface area contributed by atoms with Gasteiger partial charge in [0.05, 0.1) is 6.61 Å². The van der Waals surface area contributed by atoms with Crippen molar-refractivity contribution in [2.75, 3.05) is 11.5 Å². The van der Waals surface area contributed by atoms with Crippen molar-refractivity contribution >= 4 is 39.6 Å². The number of hydrogen-bond acceptors (Lipinski definition) is 4. The maximum atomic E-state index is 14.6. The van der Waals surface area contributed by atoms with E-state index in [-0.39, 0.29) is 23.5 Å². The van der Waals surface area contributed by atoms with Gasteiger partial charge in [-0.1, -0.05) is 24.3 Å². The Labute approximate surface area is 164 Å². The highest BCUT2D eigenvalue weighted by Crippen LogP contribution is 2.40. The zero-order valence-corrected chi connectivity index (χ0v) is 15.3. The molecule has 1 atom stereocenters. The molecular formula is C22H15F2N2O3+. The summed E-state index contributed by atoms with van der Waals surface area (Å²) in [7, 11) is 0. The highest BCUT2D eigenvalue weighted by molar-refractivity contribution is 6.29. The van der Waals surface area contributed by atoms with E-state index in [2.05, 4.69) is 4.99 Å². The van der Waals surface area contributed by atoms with E-state index in [0.29, 0.717) is 11.4 Å². The second kappa shape index (κ2) is 6.20. The zero-order chi connectivity index (χ0) is 20.3. The van der Waals surface area contributed by atoms with Crippen LogP contribution in [0.4, 0.5) is 20.2 Å². The van der Waals surface area contributed by atoms with Crippen LogP contribution >= 0.6 is 0 Å². The molecule has 0 aromatic heterocycles. The molecule has 0 amide bonds. The average Bonchev–Trinajstić information content (AvgIpc) is 2.72. The lowest BCUT2D eigenvalue weighted by Gasteiger charge is -2.37. The Hall–Kier alpha value is -3.61. The second-order valence-electron chi connectivity index (χ2n) is 6.92. The second-order valence-corrected chi connectivity index (χ2v) is 6.92. The van der Waals surface area contributed by atoms with Crippen LogP contribution in [0.3, 0.4) is 0 Å². The van der Waals surface area contributed by atoms with Crippen molar-refractivity contribution in [2.45, 2.75) is 13.0 Å². The molecule has 144 valence electrons. The highest BCUT2D eigenvalue weighted by atomic mass is 19.2. The number of allylic oxidation sites excluding steroid dienone is 2. The van der Waals surface area contributed by atoms with Gasteiger partial charge in [-0.25, -0.2) is 14.2 Å². The predicted octanol–water partition coefficient (Wildman–Crippen LogP) is 2.30. The molecule has 1 aliphatic carbocycles. The van der Waals surface area contributed by atoms with Gasteiger partial charge in [0.15, 0.2) is 11.9 Å². The normalized spacial score (nSPS) is 20.0. The maximum absolute atomic E-state index is 14.6. The lowest BCUT2D eigenvalue weighted by atomic mass is 9.84. The number of Topliss-reactive ketones (excluding diaryl/α,β-unsaturated/α-hetero) is 1. The van der Waals surface area contributed by atoms with Gasteiger partial charge < -0.3 is 9.64 Å². The first kappa shape index (κ1) is 17.5. The van der Waals surface area contributed by atoms with Crippen LogP contribution < -0.4 is 9.89 Å². The van der Waals surface area contributed by atoms with Crippen LogP contribution in [0, 0.1) is 0 Å². The molecule has 0 radical (unpaired) electrons. The molecule has 2 aromatic carbocycles. The summed E-state index contributed by atoms with van der Waals surface area (Å²) in [6.45, 7) is 1.72. The first-order valence-electron chi connectivity index (χ1n) is 9.15. The molecule has 0 saturated carbocycles. The number of carbonyl (C=O) groups is 2. The minimum atomic E-state index is -1.15. The Morgan fingerprint density at radius 1 is 1.21 bits per heavy atom. The molecule has 2 heterocycles. The summed E-state index contributed by atoms with van der Waals surface area (Å²) < 4.78 is 33.9. The molecule has 1 N–H and O–H groups in total. The Morgan fingerprint density at radius 3 is 2.66 bits per heavy atom. The molecule has 0 fully saturated rings. The molecule has 1 unspecified atom stereocenters. The number of benzene rings is 2. The number of ether oxygens (including phenoxy) is 1. The number of nitrogens with one attached hydrogen (secondary N) is 1. The number of fused-ring (bicyclic) bond motifs is 3. The maximum Gasteiger partial charge on any atom is 0.343 e. The third kappa shape index (κ3) is 2.47. The Balaban J connectivity index is 1.80. The van der Waals surface area contributed by atoms with Crippen molar-refractivity contribution in [3.05, 3.63) is 71.5 Å². The van der Waals surface area contributed by atoms with Gasteiger partial charge in [0.2, 0.25) is 23.0 Å². The highest BCUT2D eigenvalue weighted by Gasteiger charge is 2.49. The summed E-state index contributed by atoms with van der Waals surface area (Å²) in [5, 5.41) is 1.85. The standard InChI is InChI=1S/C22H14F2N2O3/c1-2-29-22(28)14-10-26-17-8-12-6-4-3-5-11(12)7-16(17)25-19-18(24)15(23)9-13(20(19)26)21(14)27/h3-10,20H,2H2,1H3/p+1. The number of halogens is 2. The first-order valence-corrected chi connectivity index (χ1v) is 9.15. The van der Waals surface area contributed by atoms with E-state index in [9.17, 15) is 18.4 Å². The summed E-state index contributed by atoms with van der Waals surface area (Å²) in [5.41, 5.74) is 0.900. The minimum absolute atomic E-state index is 0.0178. The van der Waals surface area contributed by atoms with Crippen molar-refractivity contribution in [3.8, 4) is 0 Å². The number of hydrogen-bond donors (Lipinski definition) is 1. The smallest absolute Gasteiger partial charge is 0.343 e. The van der Waals surface area contributed by atoms with Crippen LogP contribution in [0.15, 0.2) is 71.5 Å². The summed E-state index contributed by atoms with van der Waals surface area (Å²) in [5.74, 6) is -3.67. The van der Waals surface area contributed by atoms with Crippen LogP contribution in [0.2, 0.25) is 0 Å². The van der Waals surface area contributed by atoms with Crippen molar-refractivity contribution < 1.29 is 28.1 Å². The van der Waals surface area contributed by atoms with Gasteiger partial charge in [0.1, 0.15) is 11.3 Å². The van der Waals surface area contributed by atoms with Crippen LogP contribution in [-0.2, 0) is 14.3 Å². The van der Waals surface area contributed by atoms with E-state index in [1.807, 2.05) is 36.4 Å². The van der Waals surface area contributed by atoms with Crippen molar-refractivity contribution in [3.63, 3.8) is 0 Å². The Kier molecular flexibility index (Phi) is 3.74.